The van der Waals surface area contributed by atoms with E-state index >= 15 is 0 Å². The zero-order chi connectivity index (χ0) is 13.0. The minimum Gasteiger partial charge on any atom is -0.363 e. The van der Waals surface area contributed by atoms with Crippen LogP contribution in [0.5, 0.6) is 0 Å². The van der Waals surface area contributed by atoms with Gasteiger partial charge in [-0.3, -0.25) is 0 Å². The fraction of sp³-hybridized carbons (Fsp3) is 0.154. The fourth-order valence-electron chi connectivity index (χ4n) is 1.56. The Morgan fingerprint density at radius 2 is 2.00 bits per heavy atom. The number of aromatic nitrogens is 2. The van der Waals surface area contributed by atoms with Crippen molar-refractivity contribution in [1.82, 2.24) is 9.97 Å². The SMILES string of the molecule is CC(Nc1cc(Cl)ncn1)c1ccc(C#N)cc1. The van der Waals surface area contributed by atoms with Crippen LogP contribution < -0.4 is 5.32 Å². The minimum absolute atomic E-state index is 0.0729. The standard InChI is InChI=1S/C13H11ClN4/c1-9(11-4-2-10(7-15)3-5-11)18-13-6-12(14)16-8-17-13/h2-6,8-9H,1H3,(H,16,17,18). The number of nitrogens with one attached hydrogen (secondary N) is 1. The first kappa shape index (κ1) is 12.3. The normalized spacial score (nSPS) is 11.6. The third-order valence-electron chi connectivity index (χ3n) is 2.54. The van der Waals surface area contributed by atoms with E-state index in [4.69, 9.17) is 16.9 Å². The van der Waals surface area contributed by atoms with Crippen LogP contribution in [-0.4, -0.2) is 9.97 Å². The van der Waals surface area contributed by atoms with E-state index in [1.54, 1.807) is 18.2 Å². The second kappa shape index (κ2) is 5.48. The van der Waals surface area contributed by atoms with Gasteiger partial charge in [0, 0.05) is 12.1 Å². The maximum Gasteiger partial charge on any atom is 0.134 e. The van der Waals surface area contributed by atoms with Crippen molar-refractivity contribution in [2.24, 2.45) is 0 Å². The summed E-state index contributed by atoms with van der Waals surface area (Å²) in [7, 11) is 0. The summed E-state index contributed by atoms with van der Waals surface area (Å²) in [5, 5.41) is 12.4. The van der Waals surface area contributed by atoms with E-state index < -0.39 is 0 Å². The Bertz CT molecular complexity index is 574. The Balaban J connectivity index is 2.12. The molecule has 1 atom stereocenters. The van der Waals surface area contributed by atoms with Gasteiger partial charge in [0.2, 0.25) is 0 Å². The van der Waals surface area contributed by atoms with Crippen LogP contribution in [0.1, 0.15) is 24.1 Å². The lowest BCUT2D eigenvalue weighted by molar-refractivity contribution is 0.871. The van der Waals surface area contributed by atoms with E-state index in [1.807, 2.05) is 19.1 Å². The summed E-state index contributed by atoms with van der Waals surface area (Å²) in [6.45, 7) is 2.01. The van der Waals surface area contributed by atoms with E-state index in [9.17, 15) is 0 Å². The van der Waals surface area contributed by atoms with Gasteiger partial charge in [0.15, 0.2) is 0 Å². The van der Waals surface area contributed by atoms with Crippen molar-refractivity contribution in [3.8, 4) is 6.07 Å². The average molecular weight is 259 g/mol. The molecule has 18 heavy (non-hydrogen) atoms. The van der Waals surface area contributed by atoms with Gasteiger partial charge in [0.05, 0.1) is 11.6 Å². The molecule has 2 rings (SSSR count). The first-order valence-electron chi connectivity index (χ1n) is 5.43. The monoisotopic (exact) mass is 258 g/mol. The van der Waals surface area contributed by atoms with E-state index in [-0.39, 0.29) is 6.04 Å². The third-order valence-corrected chi connectivity index (χ3v) is 2.74. The second-order valence-electron chi connectivity index (χ2n) is 3.83. The molecule has 0 amide bonds. The molecular weight excluding hydrogens is 248 g/mol. The van der Waals surface area contributed by atoms with Crippen LogP contribution in [0.2, 0.25) is 5.15 Å². The summed E-state index contributed by atoms with van der Waals surface area (Å²) in [5.41, 5.74) is 1.72. The Morgan fingerprint density at radius 3 is 2.61 bits per heavy atom. The molecule has 0 fully saturated rings. The summed E-state index contributed by atoms with van der Waals surface area (Å²) in [5.74, 6) is 0.673. The zero-order valence-corrected chi connectivity index (χ0v) is 10.5. The van der Waals surface area contributed by atoms with Gasteiger partial charge in [-0.25, -0.2) is 9.97 Å². The van der Waals surface area contributed by atoms with Crippen LogP contribution in [0.15, 0.2) is 36.7 Å². The van der Waals surface area contributed by atoms with Crippen molar-refractivity contribution >= 4 is 17.4 Å². The van der Waals surface area contributed by atoms with E-state index in [2.05, 4.69) is 21.4 Å². The topological polar surface area (TPSA) is 61.6 Å². The lowest BCUT2D eigenvalue weighted by Gasteiger charge is -2.14. The summed E-state index contributed by atoms with van der Waals surface area (Å²) < 4.78 is 0. The summed E-state index contributed by atoms with van der Waals surface area (Å²) in [6, 6.07) is 11.2. The summed E-state index contributed by atoms with van der Waals surface area (Å²) in [4.78, 5) is 7.90. The molecule has 0 bridgehead atoms. The Morgan fingerprint density at radius 1 is 1.28 bits per heavy atom. The highest BCUT2D eigenvalue weighted by molar-refractivity contribution is 6.29. The van der Waals surface area contributed by atoms with Gasteiger partial charge in [-0.15, -0.1) is 0 Å². The molecular formula is C13H11ClN4. The number of rotatable bonds is 3. The number of halogens is 1. The van der Waals surface area contributed by atoms with Crippen LogP contribution in [0, 0.1) is 11.3 Å². The minimum atomic E-state index is 0.0729. The van der Waals surface area contributed by atoms with Crippen LogP contribution in [0.3, 0.4) is 0 Å². The van der Waals surface area contributed by atoms with Crippen molar-refractivity contribution in [2.75, 3.05) is 5.32 Å². The summed E-state index contributed by atoms with van der Waals surface area (Å²) >= 11 is 5.79. The molecule has 0 saturated heterocycles. The van der Waals surface area contributed by atoms with E-state index in [1.165, 1.54) is 6.33 Å². The molecule has 0 spiro atoms. The largest absolute Gasteiger partial charge is 0.363 e. The molecule has 0 aliphatic carbocycles. The highest BCUT2D eigenvalue weighted by Gasteiger charge is 2.06. The molecule has 1 aromatic heterocycles. The molecule has 5 heteroatoms. The first-order chi connectivity index (χ1) is 8.69. The molecule has 4 nitrogen and oxygen atoms in total. The maximum absolute atomic E-state index is 8.74. The smallest absolute Gasteiger partial charge is 0.134 e. The van der Waals surface area contributed by atoms with Gasteiger partial charge in [-0.2, -0.15) is 5.26 Å². The van der Waals surface area contributed by atoms with Gasteiger partial charge < -0.3 is 5.32 Å². The van der Waals surface area contributed by atoms with E-state index in [0.29, 0.717) is 16.5 Å². The van der Waals surface area contributed by atoms with Crippen molar-refractivity contribution < 1.29 is 0 Å². The molecule has 2 aromatic rings. The lowest BCUT2D eigenvalue weighted by atomic mass is 10.1. The molecule has 90 valence electrons. The lowest BCUT2D eigenvalue weighted by Crippen LogP contribution is -2.07. The molecule has 0 saturated carbocycles. The Labute approximate surface area is 110 Å². The number of anilines is 1. The predicted octanol–water partition coefficient (Wildman–Crippen LogP) is 3.17. The van der Waals surface area contributed by atoms with Gasteiger partial charge in [-0.05, 0) is 24.6 Å². The Hall–Kier alpha value is -2.12. The van der Waals surface area contributed by atoms with Gasteiger partial charge in [0.1, 0.15) is 17.3 Å². The molecule has 0 aliphatic heterocycles. The highest BCUT2D eigenvalue weighted by Crippen LogP contribution is 2.19. The number of nitriles is 1. The van der Waals surface area contributed by atoms with Crippen LogP contribution >= 0.6 is 11.6 Å². The molecule has 0 radical (unpaired) electrons. The Kier molecular flexibility index (Phi) is 3.75. The van der Waals surface area contributed by atoms with Gasteiger partial charge in [-0.1, -0.05) is 23.7 Å². The number of benzene rings is 1. The van der Waals surface area contributed by atoms with Crippen molar-refractivity contribution in [3.63, 3.8) is 0 Å². The fourth-order valence-corrected chi connectivity index (χ4v) is 1.71. The number of hydrogen-bond donors (Lipinski definition) is 1. The van der Waals surface area contributed by atoms with Crippen molar-refractivity contribution in [2.45, 2.75) is 13.0 Å². The molecule has 1 heterocycles. The van der Waals surface area contributed by atoms with Crippen LogP contribution in [0.4, 0.5) is 5.82 Å². The highest BCUT2D eigenvalue weighted by atomic mass is 35.5. The second-order valence-corrected chi connectivity index (χ2v) is 4.21. The first-order valence-corrected chi connectivity index (χ1v) is 5.81. The van der Waals surface area contributed by atoms with E-state index in [0.717, 1.165) is 5.56 Å². The third kappa shape index (κ3) is 2.96. The molecule has 0 aliphatic rings. The predicted molar refractivity (Wildman–Crippen MR) is 70.2 cm³/mol. The van der Waals surface area contributed by atoms with Gasteiger partial charge in [0.25, 0.3) is 0 Å². The maximum atomic E-state index is 8.74. The average Bonchev–Trinajstić information content (AvgIpc) is 2.39. The molecule has 1 N–H and O–H groups in total. The van der Waals surface area contributed by atoms with Gasteiger partial charge >= 0.3 is 0 Å². The molecule has 1 aromatic carbocycles. The number of nitrogens with zero attached hydrogens (tertiary/aromatic N) is 3. The van der Waals surface area contributed by atoms with Crippen LogP contribution in [-0.2, 0) is 0 Å². The van der Waals surface area contributed by atoms with Crippen molar-refractivity contribution in [1.29, 1.82) is 5.26 Å². The van der Waals surface area contributed by atoms with Crippen LogP contribution in [0.25, 0.3) is 0 Å². The van der Waals surface area contributed by atoms with Crippen molar-refractivity contribution in [3.05, 3.63) is 52.9 Å². The number of hydrogen-bond acceptors (Lipinski definition) is 4. The quantitative estimate of drug-likeness (QED) is 0.859. The summed E-state index contributed by atoms with van der Waals surface area (Å²) in [6.07, 6.45) is 1.41. The zero-order valence-electron chi connectivity index (χ0n) is 9.76. The molecule has 1 unspecified atom stereocenters.